The Morgan fingerprint density at radius 3 is 3.00 bits per heavy atom. The highest BCUT2D eigenvalue weighted by molar-refractivity contribution is 7.78. The van der Waals surface area contributed by atoms with Crippen LogP contribution in [0.25, 0.3) is 6.08 Å². The van der Waals surface area contributed by atoms with E-state index < -0.39 is 5.97 Å². The Hall–Kier alpha value is -1.77. The van der Waals surface area contributed by atoms with Gasteiger partial charge in [0.05, 0.1) is 10.8 Å². The van der Waals surface area contributed by atoms with Crippen molar-refractivity contribution in [1.82, 2.24) is 0 Å². The van der Waals surface area contributed by atoms with Crippen molar-refractivity contribution in [2.45, 2.75) is 0 Å². The van der Waals surface area contributed by atoms with Crippen LogP contribution in [0.15, 0.2) is 35.3 Å². The first-order valence-corrected chi connectivity index (χ1v) is 4.22. The lowest BCUT2D eigenvalue weighted by atomic mass is 10.2. The number of thiocarbonyl (C=S) groups is 1. The predicted molar refractivity (Wildman–Crippen MR) is 57.8 cm³/mol. The molecule has 1 aromatic rings. The summed E-state index contributed by atoms with van der Waals surface area (Å²) in [7, 11) is 0. The average Bonchev–Trinajstić information content (AvgIpc) is 2.16. The normalized spacial score (nSPS) is 9.71. The van der Waals surface area contributed by atoms with Crippen molar-refractivity contribution in [3.63, 3.8) is 0 Å². The molecule has 0 atom stereocenters. The molecule has 0 fully saturated rings. The monoisotopic (exact) mass is 205 g/mol. The molecule has 14 heavy (non-hydrogen) atoms. The van der Waals surface area contributed by atoms with E-state index in [1.54, 1.807) is 24.3 Å². The predicted octanol–water partition coefficient (Wildman–Crippen LogP) is 2.52. The van der Waals surface area contributed by atoms with Crippen molar-refractivity contribution >= 4 is 35.1 Å². The summed E-state index contributed by atoms with van der Waals surface area (Å²) in [5.74, 6) is -0.978. The number of nitrogens with zero attached hydrogens (tertiary/aromatic N) is 1. The Morgan fingerprint density at radius 2 is 2.36 bits per heavy atom. The third-order valence-electron chi connectivity index (χ3n) is 1.46. The highest BCUT2D eigenvalue weighted by atomic mass is 32.1. The maximum absolute atomic E-state index is 10.2. The van der Waals surface area contributed by atoms with Crippen LogP contribution in [0.2, 0.25) is 0 Å². The fourth-order valence-electron chi connectivity index (χ4n) is 0.918. The van der Waals surface area contributed by atoms with Crippen molar-refractivity contribution < 1.29 is 9.90 Å². The molecule has 0 amide bonds. The van der Waals surface area contributed by atoms with E-state index in [-0.39, 0.29) is 0 Å². The zero-order chi connectivity index (χ0) is 10.4. The van der Waals surface area contributed by atoms with Gasteiger partial charge in [-0.1, -0.05) is 12.1 Å². The smallest absolute Gasteiger partial charge is 0.328 e. The van der Waals surface area contributed by atoms with Crippen molar-refractivity contribution in [2.24, 2.45) is 4.99 Å². The Labute approximate surface area is 86.4 Å². The Morgan fingerprint density at radius 1 is 1.57 bits per heavy atom. The Kier molecular flexibility index (Phi) is 3.73. The number of hydrogen-bond acceptors (Lipinski definition) is 3. The maximum Gasteiger partial charge on any atom is 0.328 e. The van der Waals surface area contributed by atoms with E-state index in [1.807, 2.05) is 0 Å². The van der Waals surface area contributed by atoms with E-state index in [1.165, 1.54) is 6.08 Å². The molecule has 70 valence electrons. The molecule has 0 spiro atoms. The van der Waals surface area contributed by atoms with Gasteiger partial charge in [-0.2, -0.15) is 4.99 Å². The topological polar surface area (TPSA) is 49.7 Å². The number of carboxylic acids is 1. The zero-order valence-corrected chi connectivity index (χ0v) is 7.99. The third-order valence-corrected chi connectivity index (χ3v) is 1.55. The Balaban J connectivity index is 2.94. The van der Waals surface area contributed by atoms with E-state index in [4.69, 9.17) is 5.11 Å². The minimum Gasteiger partial charge on any atom is -0.478 e. The van der Waals surface area contributed by atoms with Gasteiger partial charge in [0.1, 0.15) is 0 Å². The molecule has 0 aliphatic heterocycles. The lowest BCUT2D eigenvalue weighted by molar-refractivity contribution is -0.131. The number of aliphatic imine (C=N–C) groups is 1. The SMILES string of the molecule is O=C(O)C=Cc1cccc(N=C=S)c1. The van der Waals surface area contributed by atoms with Crippen molar-refractivity contribution in [1.29, 1.82) is 0 Å². The van der Waals surface area contributed by atoms with Crippen molar-refractivity contribution in [2.75, 3.05) is 0 Å². The number of rotatable bonds is 3. The maximum atomic E-state index is 10.2. The van der Waals surface area contributed by atoms with E-state index in [0.717, 1.165) is 11.6 Å². The molecule has 0 heterocycles. The molecule has 0 aromatic heterocycles. The summed E-state index contributed by atoms with van der Waals surface area (Å²) < 4.78 is 0. The van der Waals surface area contributed by atoms with Gasteiger partial charge in [0.2, 0.25) is 0 Å². The van der Waals surface area contributed by atoms with E-state index in [2.05, 4.69) is 22.4 Å². The molecule has 1 N–H and O–H groups in total. The van der Waals surface area contributed by atoms with Crippen molar-refractivity contribution in [3.05, 3.63) is 35.9 Å². The van der Waals surface area contributed by atoms with E-state index >= 15 is 0 Å². The first-order chi connectivity index (χ1) is 6.72. The number of isothiocyanates is 1. The van der Waals surface area contributed by atoms with Crippen molar-refractivity contribution in [3.8, 4) is 0 Å². The molecule has 0 saturated heterocycles. The molecule has 0 aliphatic rings. The lowest BCUT2D eigenvalue weighted by Gasteiger charge is -1.93. The summed E-state index contributed by atoms with van der Waals surface area (Å²) in [6.07, 6.45) is 2.56. The van der Waals surface area contributed by atoms with Gasteiger partial charge in [-0.25, -0.2) is 4.79 Å². The fourth-order valence-corrected chi connectivity index (χ4v) is 1.02. The molecule has 0 aliphatic carbocycles. The van der Waals surface area contributed by atoms with Gasteiger partial charge in [0.25, 0.3) is 0 Å². The molecule has 0 unspecified atom stereocenters. The quantitative estimate of drug-likeness (QED) is 0.468. The highest BCUT2D eigenvalue weighted by Crippen LogP contribution is 2.14. The molecule has 1 rings (SSSR count). The lowest BCUT2D eigenvalue weighted by Crippen LogP contribution is -1.85. The molecule has 3 nitrogen and oxygen atoms in total. The molecule has 0 saturated carbocycles. The van der Waals surface area contributed by atoms with Crippen LogP contribution in [0.1, 0.15) is 5.56 Å². The highest BCUT2D eigenvalue weighted by Gasteiger charge is 1.91. The number of aliphatic carboxylic acids is 1. The molecule has 0 bridgehead atoms. The van der Waals surface area contributed by atoms with Crippen LogP contribution in [-0.4, -0.2) is 16.2 Å². The largest absolute Gasteiger partial charge is 0.478 e. The van der Waals surface area contributed by atoms with E-state index in [9.17, 15) is 4.79 Å². The molecule has 0 radical (unpaired) electrons. The van der Waals surface area contributed by atoms with Gasteiger partial charge < -0.3 is 5.11 Å². The van der Waals surface area contributed by atoms with Gasteiger partial charge in [-0.15, -0.1) is 0 Å². The second-order valence-corrected chi connectivity index (χ2v) is 2.65. The van der Waals surface area contributed by atoms with Gasteiger partial charge >= 0.3 is 5.97 Å². The Bertz CT molecular complexity index is 420. The van der Waals surface area contributed by atoms with E-state index in [0.29, 0.717) is 5.69 Å². The minimum absolute atomic E-state index is 0.660. The third kappa shape index (κ3) is 3.31. The van der Waals surface area contributed by atoms with Gasteiger partial charge in [-0.05, 0) is 36.0 Å². The summed E-state index contributed by atoms with van der Waals surface area (Å²) in [6.45, 7) is 0. The van der Waals surface area contributed by atoms with Crippen LogP contribution in [0.5, 0.6) is 0 Å². The number of carboxylic acid groups (broad SMARTS) is 1. The average molecular weight is 205 g/mol. The summed E-state index contributed by atoms with van der Waals surface area (Å²) in [4.78, 5) is 14.0. The summed E-state index contributed by atoms with van der Waals surface area (Å²) in [6, 6.07) is 7.03. The number of hydrogen-bond donors (Lipinski definition) is 1. The van der Waals surface area contributed by atoms with Crippen LogP contribution in [0.4, 0.5) is 5.69 Å². The first kappa shape index (κ1) is 10.3. The number of carbonyl (C=O) groups is 1. The summed E-state index contributed by atoms with van der Waals surface area (Å²) in [5, 5.41) is 10.7. The van der Waals surface area contributed by atoms with Crippen LogP contribution in [0.3, 0.4) is 0 Å². The van der Waals surface area contributed by atoms with Crippen LogP contribution in [0, 0.1) is 0 Å². The van der Waals surface area contributed by atoms with Gasteiger partial charge in [0, 0.05) is 6.08 Å². The van der Waals surface area contributed by atoms with Crippen LogP contribution >= 0.6 is 12.2 Å². The molecular weight excluding hydrogens is 198 g/mol. The van der Waals surface area contributed by atoms with Crippen LogP contribution in [-0.2, 0) is 4.79 Å². The zero-order valence-electron chi connectivity index (χ0n) is 7.18. The first-order valence-electron chi connectivity index (χ1n) is 3.81. The standard InChI is InChI=1S/C10H7NO2S/c12-10(13)5-4-8-2-1-3-9(6-8)11-7-14/h1-6H,(H,12,13). The second-order valence-electron chi connectivity index (χ2n) is 2.47. The summed E-state index contributed by atoms with van der Waals surface area (Å²) >= 11 is 4.45. The number of benzene rings is 1. The summed E-state index contributed by atoms with van der Waals surface area (Å²) in [5.41, 5.74) is 1.42. The van der Waals surface area contributed by atoms with Gasteiger partial charge in [0.15, 0.2) is 0 Å². The molecule has 1 aromatic carbocycles. The van der Waals surface area contributed by atoms with Crippen LogP contribution < -0.4 is 0 Å². The minimum atomic E-state index is -0.978. The fraction of sp³-hybridized carbons (Fsp3) is 0. The second kappa shape index (κ2) is 5.07. The molecule has 4 heteroatoms. The molecular formula is C10H7NO2S. The van der Waals surface area contributed by atoms with Gasteiger partial charge in [-0.3, -0.25) is 0 Å².